The SMILES string of the molecule is COCCN(CC(=O)Nc1ccc(F)c(Cl)c1)Cc1nc2ccccc2c(=O)[nH]1. The number of ether oxygens (including phenoxy) is 1. The van der Waals surface area contributed by atoms with E-state index in [0.717, 1.165) is 0 Å². The number of para-hydroxylation sites is 1. The van der Waals surface area contributed by atoms with Crippen molar-refractivity contribution >= 4 is 34.1 Å². The maximum atomic E-state index is 13.3. The molecule has 0 radical (unpaired) electrons. The molecule has 0 saturated carbocycles. The first kappa shape index (κ1) is 20.9. The van der Waals surface area contributed by atoms with Crippen LogP contribution < -0.4 is 10.9 Å². The number of amides is 1. The quantitative estimate of drug-likeness (QED) is 0.587. The molecule has 0 bridgehead atoms. The van der Waals surface area contributed by atoms with E-state index in [4.69, 9.17) is 16.3 Å². The normalized spacial score (nSPS) is 11.2. The molecule has 152 valence electrons. The Morgan fingerprint density at radius 2 is 2.10 bits per heavy atom. The lowest BCUT2D eigenvalue weighted by atomic mass is 10.2. The fraction of sp³-hybridized carbons (Fsp3) is 0.250. The highest BCUT2D eigenvalue weighted by Gasteiger charge is 2.14. The van der Waals surface area contributed by atoms with E-state index >= 15 is 0 Å². The third kappa shape index (κ3) is 5.60. The van der Waals surface area contributed by atoms with E-state index in [1.54, 1.807) is 30.2 Å². The molecule has 2 N–H and O–H groups in total. The van der Waals surface area contributed by atoms with E-state index in [1.807, 2.05) is 6.07 Å². The Hall–Kier alpha value is -2.81. The molecule has 1 heterocycles. The number of H-pyrrole nitrogens is 1. The summed E-state index contributed by atoms with van der Waals surface area (Å²) >= 11 is 5.75. The average Bonchev–Trinajstić information content (AvgIpc) is 2.69. The van der Waals surface area contributed by atoms with Crippen LogP contribution in [0.25, 0.3) is 10.9 Å². The smallest absolute Gasteiger partial charge is 0.258 e. The predicted molar refractivity (Wildman–Crippen MR) is 110 cm³/mol. The number of rotatable bonds is 8. The summed E-state index contributed by atoms with van der Waals surface area (Å²) in [5.74, 6) is -0.424. The molecule has 2 aromatic carbocycles. The first-order valence-electron chi connectivity index (χ1n) is 8.90. The van der Waals surface area contributed by atoms with Gasteiger partial charge in [0.2, 0.25) is 5.91 Å². The first-order chi connectivity index (χ1) is 14.0. The van der Waals surface area contributed by atoms with Gasteiger partial charge in [-0.2, -0.15) is 0 Å². The van der Waals surface area contributed by atoms with Crippen molar-refractivity contribution in [2.45, 2.75) is 6.54 Å². The van der Waals surface area contributed by atoms with Crippen LogP contribution in [-0.2, 0) is 16.1 Å². The molecular formula is C20H20ClFN4O3. The number of fused-ring (bicyclic) bond motifs is 1. The highest BCUT2D eigenvalue weighted by molar-refractivity contribution is 6.31. The van der Waals surface area contributed by atoms with Crippen LogP contribution in [0.3, 0.4) is 0 Å². The molecule has 0 saturated heterocycles. The van der Waals surface area contributed by atoms with Gasteiger partial charge in [0.15, 0.2) is 0 Å². The van der Waals surface area contributed by atoms with Gasteiger partial charge < -0.3 is 15.0 Å². The monoisotopic (exact) mass is 418 g/mol. The fourth-order valence-corrected chi connectivity index (χ4v) is 3.01. The van der Waals surface area contributed by atoms with Gasteiger partial charge in [-0.15, -0.1) is 0 Å². The van der Waals surface area contributed by atoms with Crippen LogP contribution in [0.4, 0.5) is 10.1 Å². The summed E-state index contributed by atoms with van der Waals surface area (Å²) in [7, 11) is 1.56. The molecule has 0 spiro atoms. The molecule has 1 aromatic heterocycles. The Morgan fingerprint density at radius 3 is 2.86 bits per heavy atom. The number of carbonyl (C=O) groups excluding carboxylic acids is 1. The average molecular weight is 419 g/mol. The zero-order valence-electron chi connectivity index (χ0n) is 15.7. The van der Waals surface area contributed by atoms with Crippen LogP contribution in [0.1, 0.15) is 5.82 Å². The Balaban J connectivity index is 1.73. The summed E-state index contributed by atoms with van der Waals surface area (Å²) < 4.78 is 18.4. The topological polar surface area (TPSA) is 87.3 Å². The van der Waals surface area contributed by atoms with Crippen LogP contribution in [0.15, 0.2) is 47.3 Å². The second kappa shape index (κ2) is 9.60. The molecule has 7 nitrogen and oxygen atoms in total. The lowest BCUT2D eigenvalue weighted by Gasteiger charge is -2.21. The molecule has 0 atom stereocenters. The van der Waals surface area contributed by atoms with E-state index < -0.39 is 5.82 Å². The van der Waals surface area contributed by atoms with Crippen molar-refractivity contribution in [2.75, 3.05) is 32.1 Å². The third-order valence-corrected chi connectivity index (χ3v) is 4.51. The third-order valence-electron chi connectivity index (χ3n) is 4.22. The van der Waals surface area contributed by atoms with Crippen LogP contribution in [-0.4, -0.2) is 47.6 Å². The number of nitrogens with one attached hydrogen (secondary N) is 2. The second-order valence-corrected chi connectivity index (χ2v) is 6.82. The van der Waals surface area contributed by atoms with Crippen molar-refractivity contribution in [3.63, 3.8) is 0 Å². The predicted octanol–water partition coefficient (Wildman–Crippen LogP) is 2.80. The maximum absolute atomic E-state index is 13.3. The first-order valence-corrected chi connectivity index (χ1v) is 9.28. The summed E-state index contributed by atoms with van der Waals surface area (Å²) in [6, 6.07) is 11.0. The minimum Gasteiger partial charge on any atom is -0.383 e. The van der Waals surface area contributed by atoms with E-state index in [2.05, 4.69) is 15.3 Å². The van der Waals surface area contributed by atoms with E-state index in [9.17, 15) is 14.0 Å². The maximum Gasteiger partial charge on any atom is 0.258 e. The number of halogens is 2. The number of benzene rings is 2. The summed E-state index contributed by atoms with van der Waals surface area (Å²) in [4.78, 5) is 33.7. The number of anilines is 1. The van der Waals surface area contributed by atoms with Crippen LogP contribution >= 0.6 is 11.6 Å². The second-order valence-electron chi connectivity index (χ2n) is 6.41. The van der Waals surface area contributed by atoms with Gasteiger partial charge in [-0.25, -0.2) is 9.37 Å². The molecule has 0 fully saturated rings. The zero-order valence-corrected chi connectivity index (χ0v) is 16.5. The summed E-state index contributed by atoms with van der Waals surface area (Å²) in [5, 5.41) is 3.11. The van der Waals surface area contributed by atoms with Gasteiger partial charge in [0.25, 0.3) is 5.56 Å². The van der Waals surface area contributed by atoms with Crippen molar-refractivity contribution in [2.24, 2.45) is 0 Å². The van der Waals surface area contributed by atoms with Gasteiger partial charge in [-0.3, -0.25) is 14.5 Å². The van der Waals surface area contributed by atoms with Crippen molar-refractivity contribution < 1.29 is 13.9 Å². The van der Waals surface area contributed by atoms with Crippen molar-refractivity contribution in [3.05, 3.63) is 69.5 Å². The van der Waals surface area contributed by atoms with Gasteiger partial charge in [-0.05, 0) is 30.3 Å². The highest BCUT2D eigenvalue weighted by Crippen LogP contribution is 2.19. The molecule has 9 heteroatoms. The molecule has 1 amide bonds. The Morgan fingerprint density at radius 1 is 1.31 bits per heavy atom. The molecule has 0 aliphatic rings. The summed E-state index contributed by atoms with van der Waals surface area (Å²) in [6.07, 6.45) is 0. The number of hydrogen-bond acceptors (Lipinski definition) is 5. The van der Waals surface area contributed by atoms with Crippen LogP contribution in [0.5, 0.6) is 0 Å². The van der Waals surface area contributed by atoms with E-state index in [1.165, 1.54) is 18.2 Å². The minimum atomic E-state index is -0.558. The number of carbonyl (C=O) groups is 1. The molecule has 0 aliphatic carbocycles. The molecular weight excluding hydrogens is 399 g/mol. The Labute approximate surface area is 171 Å². The number of hydrogen-bond donors (Lipinski definition) is 2. The summed E-state index contributed by atoms with van der Waals surface area (Å²) in [6.45, 7) is 1.12. The van der Waals surface area contributed by atoms with Gasteiger partial charge in [-0.1, -0.05) is 23.7 Å². The molecule has 0 unspecified atom stereocenters. The van der Waals surface area contributed by atoms with Gasteiger partial charge in [0.05, 0.1) is 35.6 Å². The van der Waals surface area contributed by atoms with Crippen molar-refractivity contribution in [1.82, 2.24) is 14.9 Å². The lowest BCUT2D eigenvalue weighted by molar-refractivity contribution is -0.117. The van der Waals surface area contributed by atoms with Crippen molar-refractivity contribution in [3.8, 4) is 0 Å². The fourth-order valence-electron chi connectivity index (χ4n) is 2.83. The molecule has 0 aliphatic heterocycles. The molecule has 3 aromatic rings. The number of aromatic nitrogens is 2. The highest BCUT2D eigenvalue weighted by atomic mass is 35.5. The van der Waals surface area contributed by atoms with Gasteiger partial charge >= 0.3 is 0 Å². The van der Waals surface area contributed by atoms with Crippen LogP contribution in [0.2, 0.25) is 5.02 Å². The van der Waals surface area contributed by atoms with E-state index in [0.29, 0.717) is 35.6 Å². The van der Waals surface area contributed by atoms with Gasteiger partial charge in [0, 0.05) is 19.3 Å². The number of methoxy groups -OCH3 is 1. The van der Waals surface area contributed by atoms with E-state index in [-0.39, 0.29) is 29.6 Å². The lowest BCUT2D eigenvalue weighted by Crippen LogP contribution is -2.36. The Bertz CT molecular complexity index is 1070. The molecule has 29 heavy (non-hydrogen) atoms. The Kier molecular flexibility index (Phi) is 6.92. The largest absolute Gasteiger partial charge is 0.383 e. The molecule has 3 rings (SSSR count). The summed E-state index contributed by atoms with van der Waals surface area (Å²) in [5.41, 5.74) is 0.747. The standard InChI is InChI=1S/C20H20ClFN4O3/c1-29-9-8-26(12-19(27)23-13-6-7-16(22)15(21)10-13)11-18-24-17-5-3-2-4-14(17)20(28)25-18/h2-7,10H,8-9,11-12H2,1H3,(H,23,27)(H,24,25,28). The minimum absolute atomic E-state index is 0.0227. The van der Waals surface area contributed by atoms with Crippen molar-refractivity contribution in [1.29, 1.82) is 0 Å². The van der Waals surface area contributed by atoms with Gasteiger partial charge in [0.1, 0.15) is 11.6 Å². The number of aromatic amines is 1. The van der Waals surface area contributed by atoms with Crippen LogP contribution in [0, 0.1) is 5.82 Å². The number of nitrogens with zero attached hydrogens (tertiary/aromatic N) is 2. The zero-order chi connectivity index (χ0) is 20.8.